The van der Waals surface area contributed by atoms with Crippen LogP contribution < -0.4 is 5.73 Å². The minimum Gasteiger partial charge on any atom is -0.468 e. The highest BCUT2D eigenvalue weighted by molar-refractivity contribution is 5.77. The van der Waals surface area contributed by atoms with Crippen molar-refractivity contribution in [2.24, 2.45) is 11.1 Å². The average molecular weight is 163 g/mol. The van der Waals surface area contributed by atoms with Gasteiger partial charge in [-0.3, -0.25) is 4.79 Å². The van der Waals surface area contributed by atoms with E-state index in [1.807, 2.05) is 0 Å². The number of halogens is 1. The smallest absolute Gasteiger partial charge is 0.315 e. The van der Waals surface area contributed by atoms with E-state index in [4.69, 9.17) is 5.73 Å². The Morgan fingerprint density at radius 2 is 2.27 bits per heavy atom. The monoisotopic (exact) mass is 163 g/mol. The van der Waals surface area contributed by atoms with Crippen LogP contribution in [0.3, 0.4) is 0 Å². The molecular formula is C7H14FNO2. The number of hydrogen-bond donors (Lipinski definition) is 1. The zero-order chi connectivity index (χ0) is 9.07. The van der Waals surface area contributed by atoms with E-state index < -0.39 is 17.6 Å². The third-order valence-corrected chi connectivity index (χ3v) is 1.95. The maximum atomic E-state index is 12.8. The first-order valence-corrected chi connectivity index (χ1v) is 3.41. The zero-order valence-corrected chi connectivity index (χ0v) is 7.06. The van der Waals surface area contributed by atoms with Crippen molar-refractivity contribution in [3.05, 3.63) is 0 Å². The first kappa shape index (κ1) is 10.4. The highest BCUT2D eigenvalue weighted by atomic mass is 19.1. The standard InChI is InChI=1S/C7H14FNO2/c1-5(8)7(2,4-9)6(10)11-3/h5H,4,9H2,1-3H3. The molecule has 0 saturated heterocycles. The fourth-order valence-corrected chi connectivity index (χ4v) is 0.641. The summed E-state index contributed by atoms with van der Waals surface area (Å²) in [6, 6.07) is 0. The van der Waals surface area contributed by atoms with Crippen molar-refractivity contribution in [3.8, 4) is 0 Å². The predicted molar refractivity (Wildman–Crippen MR) is 39.7 cm³/mol. The molecule has 0 fully saturated rings. The summed E-state index contributed by atoms with van der Waals surface area (Å²) in [5.41, 5.74) is 4.04. The molecule has 0 amide bonds. The number of esters is 1. The molecule has 4 heteroatoms. The van der Waals surface area contributed by atoms with Crippen LogP contribution in [0, 0.1) is 5.41 Å². The average Bonchev–Trinajstić information content (AvgIpc) is 2.01. The number of methoxy groups -OCH3 is 1. The van der Waals surface area contributed by atoms with E-state index in [0.717, 1.165) is 0 Å². The molecule has 2 N–H and O–H groups in total. The Bertz CT molecular complexity index is 149. The van der Waals surface area contributed by atoms with Gasteiger partial charge in [0.2, 0.25) is 0 Å². The number of rotatable bonds is 3. The molecule has 0 aliphatic heterocycles. The molecule has 0 spiro atoms. The first-order chi connectivity index (χ1) is 4.99. The molecule has 0 aromatic heterocycles. The van der Waals surface area contributed by atoms with Gasteiger partial charge in [-0.15, -0.1) is 0 Å². The molecule has 66 valence electrons. The van der Waals surface area contributed by atoms with E-state index in [0.29, 0.717) is 0 Å². The Morgan fingerprint density at radius 3 is 2.36 bits per heavy atom. The van der Waals surface area contributed by atoms with E-state index in [-0.39, 0.29) is 6.54 Å². The molecule has 2 atom stereocenters. The van der Waals surface area contributed by atoms with E-state index in [1.54, 1.807) is 0 Å². The zero-order valence-electron chi connectivity index (χ0n) is 7.06. The van der Waals surface area contributed by atoms with Gasteiger partial charge in [-0.1, -0.05) is 0 Å². The normalized spacial score (nSPS) is 18.6. The largest absolute Gasteiger partial charge is 0.468 e. The summed E-state index contributed by atoms with van der Waals surface area (Å²) in [6.07, 6.45) is -1.29. The third-order valence-electron chi connectivity index (χ3n) is 1.95. The summed E-state index contributed by atoms with van der Waals surface area (Å²) >= 11 is 0. The molecule has 11 heavy (non-hydrogen) atoms. The molecule has 0 aliphatic carbocycles. The molecule has 2 unspecified atom stereocenters. The van der Waals surface area contributed by atoms with Gasteiger partial charge in [-0.05, 0) is 13.8 Å². The van der Waals surface area contributed by atoms with Crippen LogP contribution in [0.1, 0.15) is 13.8 Å². The number of carbonyl (C=O) groups excluding carboxylic acids is 1. The number of ether oxygens (including phenoxy) is 1. The molecule has 0 radical (unpaired) electrons. The number of alkyl halides is 1. The molecule has 0 aliphatic rings. The van der Waals surface area contributed by atoms with Crippen LogP contribution >= 0.6 is 0 Å². The van der Waals surface area contributed by atoms with Gasteiger partial charge in [0.05, 0.1) is 7.11 Å². The molecule has 0 rings (SSSR count). The third kappa shape index (κ3) is 1.89. The molecule has 0 aromatic carbocycles. The maximum Gasteiger partial charge on any atom is 0.315 e. The molecule has 3 nitrogen and oxygen atoms in total. The number of hydrogen-bond acceptors (Lipinski definition) is 3. The Morgan fingerprint density at radius 1 is 1.82 bits per heavy atom. The molecule has 0 bridgehead atoms. The molecule has 0 heterocycles. The van der Waals surface area contributed by atoms with E-state index in [9.17, 15) is 9.18 Å². The second-order valence-electron chi connectivity index (χ2n) is 2.73. The Hall–Kier alpha value is -0.640. The van der Waals surface area contributed by atoms with Crippen LogP contribution in [0.25, 0.3) is 0 Å². The summed E-state index contributed by atoms with van der Waals surface area (Å²) < 4.78 is 17.2. The second kappa shape index (κ2) is 3.67. The van der Waals surface area contributed by atoms with Crippen LogP contribution in [0.4, 0.5) is 4.39 Å². The van der Waals surface area contributed by atoms with Crippen molar-refractivity contribution in [3.63, 3.8) is 0 Å². The van der Waals surface area contributed by atoms with Crippen LogP contribution in [-0.2, 0) is 9.53 Å². The number of nitrogens with two attached hydrogens (primary N) is 1. The summed E-state index contributed by atoms with van der Waals surface area (Å²) in [7, 11) is 1.22. The van der Waals surface area contributed by atoms with Gasteiger partial charge < -0.3 is 10.5 Å². The van der Waals surface area contributed by atoms with Crippen LogP contribution in [0.15, 0.2) is 0 Å². The lowest BCUT2D eigenvalue weighted by Gasteiger charge is -2.25. The molecular weight excluding hydrogens is 149 g/mol. The minimum absolute atomic E-state index is 0.0443. The Labute approximate surface area is 65.7 Å². The van der Waals surface area contributed by atoms with Crippen molar-refractivity contribution in [2.75, 3.05) is 13.7 Å². The van der Waals surface area contributed by atoms with Crippen molar-refractivity contribution >= 4 is 5.97 Å². The summed E-state index contributed by atoms with van der Waals surface area (Å²) in [6.45, 7) is 2.70. The van der Waals surface area contributed by atoms with E-state index in [1.165, 1.54) is 21.0 Å². The Kier molecular flexibility index (Phi) is 3.45. The van der Waals surface area contributed by atoms with Gasteiger partial charge in [0.15, 0.2) is 0 Å². The fourth-order valence-electron chi connectivity index (χ4n) is 0.641. The lowest BCUT2D eigenvalue weighted by Crippen LogP contribution is -2.43. The quantitative estimate of drug-likeness (QED) is 0.616. The van der Waals surface area contributed by atoms with E-state index in [2.05, 4.69) is 4.74 Å². The maximum absolute atomic E-state index is 12.8. The van der Waals surface area contributed by atoms with Crippen LogP contribution in [0.5, 0.6) is 0 Å². The molecule has 0 aromatic rings. The fraction of sp³-hybridized carbons (Fsp3) is 0.857. The minimum atomic E-state index is -1.29. The lowest BCUT2D eigenvalue weighted by molar-refractivity contribution is -0.154. The van der Waals surface area contributed by atoms with Crippen LogP contribution in [0.2, 0.25) is 0 Å². The van der Waals surface area contributed by atoms with Crippen molar-refractivity contribution in [2.45, 2.75) is 20.0 Å². The topological polar surface area (TPSA) is 52.3 Å². The Balaban J connectivity index is 4.45. The lowest BCUT2D eigenvalue weighted by atomic mass is 9.86. The van der Waals surface area contributed by atoms with Gasteiger partial charge >= 0.3 is 5.97 Å². The first-order valence-electron chi connectivity index (χ1n) is 3.41. The van der Waals surface area contributed by atoms with Crippen molar-refractivity contribution < 1.29 is 13.9 Å². The van der Waals surface area contributed by atoms with Gasteiger partial charge in [0.1, 0.15) is 11.6 Å². The second-order valence-corrected chi connectivity index (χ2v) is 2.73. The van der Waals surface area contributed by atoms with Gasteiger partial charge in [-0.2, -0.15) is 0 Å². The predicted octanol–water partition coefficient (Wildman–Crippen LogP) is 0.482. The summed E-state index contributed by atoms with van der Waals surface area (Å²) in [5, 5.41) is 0. The summed E-state index contributed by atoms with van der Waals surface area (Å²) in [5.74, 6) is -0.602. The summed E-state index contributed by atoms with van der Waals surface area (Å²) in [4.78, 5) is 11.0. The highest BCUT2D eigenvalue weighted by Gasteiger charge is 2.39. The SMILES string of the molecule is COC(=O)C(C)(CN)C(C)F. The van der Waals surface area contributed by atoms with Gasteiger partial charge in [0, 0.05) is 6.54 Å². The molecule has 0 saturated carbocycles. The van der Waals surface area contributed by atoms with Gasteiger partial charge in [0.25, 0.3) is 0 Å². The number of carbonyl (C=O) groups is 1. The van der Waals surface area contributed by atoms with Crippen molar-refractivity contribution in [1.29, 1.82) is 0 Å². The van der Waals surface area contributed by atoms with E-state index >= 15 is 0 Å². The van der Waals surface area contributed by atoms with Crippen molar-refractivity contribution in [1.82, 2.24) is 0 Å². The van der Waals surface area contributed by atoms with Crippen LogP contribution in [-0.4, -0.2) is 25.8 Å². The highest BCUT2D eigenvalue weighted by Crippen LogP contribution is 2.23. The van der Waals surface area contributed by atoms with Gasteiger partial charge in [-0.25, -0.2) is 4.39 Å².